The molecule has 0 aromatic heterocycles. The first-order valence-corrected chi connectivity index (χ1v) is 5.81. The van der Waals surface area contributed by atoms with E-state index in [2.05, 4.69) is 5.32 Å². The van der Waals surface area contributed by atoms with Gasteiger partial charge in [0.1, 0.15) is 5.75 Å². The summed E-state index contributed by atoms with van der Waals surface area (Å²) in [6, 6.07) is 5.37. The van der Waals surface area contributed by atoms with Crippen molar-refractivity contribution in [3.05, 3.63) is 28.8 Å². The summed E-state index contributed by atoms with van der Waals surface area (Å²) in [5, 5.41) is 3.19. The minimum Gasteiger partial charge on any atom is -0.482 e. The van der Waals surface area contributed by atoms with Crippen molar-refractivity contribution in [2.45, 2.75) is 26.4 Å². The molecule has 0 unspecified atom stereocenters. The van der Waals surface area contributed by atoms with Gasteiger partial charge in [-0.05, 0) is 31.5 Å². The van der Waals surface area contributed by atoms with Crippen molar-refractivity contribution in [2.24, 2.45) is 5.73 Å². The number of nitrogens with two attached hydrogens (primary N) is 1. The van der Waals surface area contributed by atoms with E-state index in [0.717, 1.165) is 5.56 Å². The van der Waals surface area contributed by atoms with Crippen molar-refractivity contribution < 1.29 is 9.53 Å². The summed E-state index contributed by atoms with van der Waals surface area (Å²) < 4.78 is 5.31. The van der Waals surface area contributed by atoms with E-state index < -0.39 is 0 Å². The molecule has 1 aromatic rings. The first kappa shape index (κ1) is 13.8. The van der Waals surface area contributed by atoms with E-state index in [1.165, 1.54) is 0 Å². The predicted octanol–water partition coefficient (Wildman–Crippen LogP) is 1.70. The van der Waals surface area contributed by atoms with Gasteiger partial charge in [0.05, 0.1) is 5.02 Å². The Hall–Kier alpha value is -1.26. The number of hydrogen-bond acceptors (Lipinski definition) is 3. The number of ether oxygens (including phenoxy) is 1. The molecular weight excluding hydrogens is 240 g/mol. The van der Waals surface area contributed by atoms with Gasteiger partial charge in [-0.2, -0.15) is 0 Å². The summed E-state index contributed by atoms with van der Waals surface area (Å²) in [4.78, 5) is 11.4. The molecule has 4 nitrogen and oxygen atoms in total. The Kier molecular flexibility index (Phi) is 5.25. The SMILES string of the molecule is CC(C)NC(=O)COc1ccc(CN)cc1Cl. The Morgan fingerprint density at radius 1 is 1.53 bits per heavy atom. The molecule has 1 rings (SSSR count). The van der Waals surface area contributed by atoms with Gasteiger partial charge in [-0.3, -0.25) is 4.79 Å². The average Bonchev–Trinajstić information content (AvgIpc) is 2.26. The molecule has 0 atom stereocenters. The summed E-state index contributed by atoms with van der Waals surface area (Å²) in [5.41, 5.74) is 6.41. The summed E-state index contributed by atoms with van der Waals surface area (Å²) in [6.45, 7) is 4.16. The van der Waals surface area contributed by atoms with Crippen molar-refractivity contribution in [1.29, 1.82) is 0 Å². The zero-order valence-electron chi connectivity index (χ0n) is 10.00. The zero-order chi connectivity index (χ0) is 12.8. The molecule has 0 aliphatic carbocycles. The molecule has 0 fully saturated rings. The minimum atomic E-state index is -0.168. The normalized spacial score (nSPS) is 10.4. The third kappa shape index (κ3) is 4.63. The lowest BCUT2D eigenvalue weighted by atomic mass is 10.2. The fourth-order valence-electron chi connectivity index (χ4n) is 1.30. The summed E-state index contributed by atoms with van der Waals surface area (Å²) in [7, 11) is 0. The molecule has 0 saturated carbocycles. The van der Waals surface area contributed by atoms with Crippen LogP contribution < -0.4 is 15.8 Å². The maximum Gasteiger partial charge on any atom is 0.258 e. The van der Waals surface area contributed by atoms with Crippen LogP contribution in [0.4, 0.5) is 0 Å². The molecule has 0 radical (unpaired) electrons. The highest BCUT2D eigenvalue weighted by atomic mass is 35.5. The second-order valence-corrected chi connectivity index (χ2v) is 4.39. The molecule has 0 aliphatic rings. The maximum absolute atomic E-state index is 11.4. The summed E-state index contributed by atoms with van der Waals surface area (Å²) >= 11 is 5.99. The molecule has 0 saturated heterocycles. The number of benzene rings is 1. The molecule has 3 N–H and O–H groups in total. The van der Waals surface area contributed by atoms with Crippen LogP contribution in [-0.2, 0) is 11.3 Å². The molecule has 5 heteroatoms. The van der Waals surface area contributed by atoms with Crippen LogP contribution in [0.15, 0.2) is 18.2 Å². The number of rotatable bonds is 5. The number of hydrogen-bond donors (Lipinski definition) is 2. The van der Waals surface area contributed by atoms with Gasteiger partial charge in [0.2, 0.25) is 0 Å². The highest BCUT2D eigenvalue weighted by Gasteiger charge is 2.07. The van der Waals surface area contributed by atoms with E-state index in [1.54, 1.807) is 12.1 Å². The fraction of sp³-hybridized carbons (Fsp3) is 0.417. The minimum absolute atomic E-state index is 0.0418. The van der Waals surface area contributed by atoms with Crippen molar-refractivity contribution in [3.63, 3.8) is 0 Å². The molecule has 0 spiro atoms. The van der Waals surface area contributed by atoms with Crippen molar-refractivity contribution in [3.8, 4) is 5.75 Å². The standard InChI is InChI=1S/C12H17ClN2O2/c1-8(2)15-12(16)7-17-11-4-3-9(6-14)5-10(11)13/h3-5,8H,6-7,14H2,1-2H3,(H,15,16). The van der Waals surface area contributed by atoms with Crippen LogP contribution in [0.1, 0.15) is 19.4 Å². The van der Waals surface area contributed by atoms with Gasteiger partial charge in [-0.25, -0.2) is 0 Å². The molecule has 17 heavy (non-hydrogen) atoms. The van der Waals surface area contributed by atoms with E-state index in [9.17, 15) is 4.79 Å². The monoisotopic (exact) mass is 256 g/mol. The van der Waals surface area contributed by atoms with Crippen molar-refractivity contribution in [1.82, 2.24) is 5.32 Å². The molecule has 94 valence electrons. The lowest BCUT2D eigenvalue weighted by molar-refractivity contribution is -0.123. The van der Waals surface area contributed by atoms with Gasteiger partial charge in [0, 0.05) is 12.6 Å². The van der Waals surface area contributed by atoms with Gasteiger partial charge in [0.15, 0.2) is 6.61 Å². The van der Waals surface area contributed by atoms with Crippen LogP contribution in [0.5, 0.6) is 5.75 Å². The molecule has 0 heterocycles. The lowest BCUT2D eigenvalue weighted by Gasteiger charge is -2.11. The highest BCUT2D eigenvalue weighted by molar-refractivity contribution is 6.32. The molecule has 0 bridgehead atoms. The number of amides is 1. The fourth-order valence-corrected chi connectivity index (χ4v) is 1.55. The van der Waals surface area contributed by atoms with Gasteiger partial charge >= 0.3 is 0 Å². The highest BCUT2D eigenvalue weighted by Crippen LogP contribution is 2.25. The van der Waals surface area contributed by atoms with Crippen LogP contribution in [0.25, 0.3) is 0 Å². The van der Waals surface area contributed by atoms with Crippen LogP contribution in [0.2, 0.25) is 5.02 Å². The molecule has 1 amide bonds. The number of carbonyl (C=O) groups is 1. The van der Waals surface area contributed by atoms with Gasteiger partial charge in [-0.15, -0.1) is 0 Å². The van der Waals surface area contributed by atoms with Crippen molar-refractivity contribution in [2.75, 3.05) is 6.61 Å². The summed E-state index contributed by atoms with van der Waals surface area (Å²) in [5.74, 6) is 0.321. The lowest BCUT2D eigenvalue weighted by Crippen LogP contribution is -2.34. The molecule has 1 aromatic carbocycles. The maximum atomic E-state index is 11.4. The van der Waals surface area contributed by atoms with Crippen LogP contribution in [0, 0.1) is 0 Å². The van der Waals surface area contributed by atoms with Gasteiger partial charge in [0.25, 0.3) is 5.91 Å². The topological polar surface area (TPSA) is 64.3 Å². The van der Waals surface area contributed by atoms with Crippen LogP contribution >= 0.6 is 11.6 Å². The van der Waals surface area contributed by atoms with E-state index in [0.29, 0.717) is 17.3 Å². The smallest absolute Gasteiger partial charge is 0.258 e. The molecular formula is C12H17ClN2O2. The Morgan fingerprint density at radius 2 is 2.24 bits per heavy atom. The predicted molar refractivity (Wildman–Crippen MR) is 68.1 cm³/mol. The molecule has 0 aliphatic heterocycles. The Balaban J connectivity index is 2.55. The third-order valence-electron chi connectivity index (χ3n) is 2.04. The van der Waals surface area contributed by atoms with Crippen LogP contribution in [-0.4, -0.2) is 18.6 Å². The Bertz CT molecular complexity index is 394. The number of halogens is 1. The second-order valence-electron chi connectivity index (χ2n) is 3.98. The quantitative estimate of drug-likeness (QED) is 0.843. The Morgan fingerprint density at radius 3 is 2.76 bits per heavy atom. The second kappa shape index (κ2) is 6.47. The Labute approximate surface area is 106 Å². The number of nitrogens with one attached hydrogen (secondary N) is 1. The van der Waals surface area contributed by atoms with E-state index in [-0.39, 0.29) is 18.6 Å². The third-order valence-corrected chi connectivity index (χ3v) is 2.34. The summed E-state index contributed by atoms with van der Waals surface area (Å²) in [6.07, 6.45) is 0. The average molecular weight is 257 g/mol. The van der Waals surface area contributed by atoms with Gasteiger partial charge in [-0.1, -0.05) is 17.7 Å². The number of carbonyl (C=O) groups excluding carboxylic acids is 1. The van der Waals surface area contributed by atoms with Crippen molar-refractivity contribution >= 4 is 17.5 Å². The van der Waals surface area contributed by atoms with E-state index >= 15 is 0 Å². The first-order valence-electron chi connectivity index (χ1n) is 5.43. The zero-order valence-corrected chi connectivity index (χ0v) is 10.8. The van der Waals surface area contributed by atoms with E-state index in [4.69, 9.17) is 22.1 Å². The van der Waals surface area contributed by atoms with Crippen LogP contribution in [0.3, 0.4) is 0 Å². The largest absolute Gasteiger partial charge is 0.482 e. The van der Waals surface area contributed by atoms with Gasteiger partial charge < -0.3 is 15.8 Å². The van der Waals surface area contributed by atoms with E-state index in [1.807, 2.05) is 19.9 Å². The first-order chi connectivity index (χ1) is 8.02.